The molecular formula is C15H17BrClN3O. The van der Waals surface area contributed by atoms with Crippen molar-refractivity contribution >= 4 is 33.3 Å². The zero-order valence-electron chi connectivity index (χ0n) is 12.0. The maximum Gasteiger partial charge on any atom is 0.161 e. The average Bonchev–Trinajstić information content (AvgIpc) is 2.46. The Balaban J connectivity index is 2.53. The number of nitrogens with zero attached hydrogens (tertiary/aromatic N) is 2. The van der Waals surface area contributed by atoms with Crippen LogP contribution in [0, 0.1) is 0 Å². The van der Waals surface area contributed by atoms with Gasteiger partial charge in [-0.15, -0.1) is 0 Å². The summed E-state index contributed by atoms with van der Waals surface area (Å²) in [4.78, 5) is 9.14. The van der Waals surface area contributed by atoms with E-state index in [1.54, 1.807) is 18.2 Å². The van der Waals surface area contributed by atoms with Crippen LogP contribution in [0.3, 0.4) is 0 Å². The summed E-state index contributed by atoms with van der Waals surface area (Å²) >= 11 is 9.53. The number of hydrogen-bond acceptors (Lipinski definition) is 4. The van der Waals surface area contributed by atoms with E-state index in [-0.39, 0.29) is 5.75 Å². The van der Waals surface area contributed by atoms with Crippen LogP contribution in [0.1, 0.15) is 26.0 Å². The zero-order chi connectivity index (χ0) is 15.4. The predicted molar refractivity (Wildman–Crippen MR) is 90.0 cm³/mol. The highest BCUT2D eigenvalue weighted by atomic mass is 79.9. The Morgan fingerprint density at radius 1 is 1.29 bits per heavy atom. The van der Waals surface area contributed by atoms with Crippen molar-refractivity contribution < 1.29 is 5.11 Å². The monoisotopic (exact) mass is 369 g/mol. The van der Waals surface area contributed by atoms with Gasteiger partial charge >= 0.3 is 0 Å². The molecule has 0 atom stereocenters. The lowest BCUT2D eigenvalue weighted by atomic mass is 10.2. The SMILES string of the molecule is CCCc1nc(-c2ccc(O)c(Cl)c2)nc(NCC)c1Br. The van der Waals surface area contributed by atoms with E-state index in [2.05, 4.69) is 38.1 Å². The summed E-state index contributed by atoms with van der Waals surface area (Å²) < 4.78 is 0.903. The van der Waals surface area contributed by atoms with E-state index in [0.717, 1.165) is 40.9 Å². The largest absolute Gasteiger partial charge is 0.506 e. The first-order chi connectivity index (χ1) is 10.1. The fourth-order valence-corrected chi connectivity index (χ4v) is 2.65. The summed E-state index contributed by atoms with van der Waals surface area (Å²) in [6.45, 7) is 4.90. The Morgan fingerprint density at radius 2 is 2.05 bits per heavy atom. The molecule has 2 N–H and O–H groups in total. The number of aromatic hydroxyl groups is 1. The van der Waals surface area contributed by atoms with Crippen LogP contribution in [0.2, 0.25) is 5.02 Å². The minimum Gasteiger partial charge on any atom is -0.506 e. The van der Waals surface area contributed by atoms with E-state index < -0.39 is 0 Å². The van der Waals surface area contributed by atoms with E-state index in [1.165, 1.54) is 0 Å². The number of benzene rings is 1. The second kappa shape index (κ2) is 7.09. The molecule has 0 saturated heterocycles. The van der Waals surface area contributed by atoms with Crippen LogP contribution < -0.4 is 5.32 Å². The third-order valence-electron chi connectivity index (χ3n) is 2.96. The van der Waals surface area contributed by atoms with Crippen LogP contribution >= 0.6 is 27.5 Å². The van der Waals surface area contributed by atoms with Gasteiger partial charge in [0.2, 0.25) is 0 Å². The van der Waals surface area contributed by atoms with Gasteiger partial charge in [0, 0.05) is 12.1 Å². The molecule has 6 heteroatoms. The molecule has 0 spiro atoms. The summed E-state index contributed by atoms with van der Waals surface area (Å²) in [5.41, 5.74) is 1.74. The van der Waals surface area contributed by atoms with Crippen molar-refractivity contribution in [2.75, 3.05) is 11.9 Å². The highest BCUT2D eigenvalue weighted by Gasteiger charge is 2.13. The Kier molecular flexibility index (Phi) is 5.42. The van der Waals surface area contributed by atoms with Gasteiger partial charge in [0.1, 0.15) is 11.6 Å². The second-order valence-corrected chi connectivity index (χ2v) is 5.80. The molecule has 1 aromatic carbocycles. The molecule has 0 aliphatic carbocycles. The molecule has 4 nitrogen and oxygen atoms in total. The van der Waals surface area contributed by atoms with E-state index in [1.807, 2.05) is 6.92 Å². The molecule has 1 heterocycles. The maximum absolute atomic E-state index is 9.52. The fourth-order valence-electron chi connectivity index (χ4n) is 1.96. The van der Waals surface area contributed by atoms with Gasteiger partial charge in [-0.1, -0.05) is 24.9 Å². The third-order valence-corrected chi connectivity index (χ3v) is 4.09. The van der Waals surface area contributed by atoms with Gasteiger partial charge in [-0.05, 0) is 47.5 Å². The number of nitrogens with one attached hydrogen (secondary N) is 1. The number of phenolic OH excluding ortho intramolecular Hbond substituents is 1. The van der Waals surface area contributed by atoms with Gasteiger partial charge in [-0.25, -0.2) is 9.97 Å². The minimum atomic E-state index is 0.0539. The molecule has 1 aromatic heterocycles. The maximum atomic E-state index is 9.52. The van der Waals surface area contributed by atoms with Crippen molar-refractivity contribution in [1.82, 2.24) is 9.97 Å². The number of hydrogen-bond donors (Lipinski definition) is 2. The molecule has 112 valence electrons. The van der Waals surface area contributed by atoms with Crippen LogP contribution in [-0.4, -0.2) is 21.6 Å². The van der Waals surface area contributed by atoms with Crippen molar-refractivity contribution in [1.29, 1.82) is 0 Å². The highest BCUT2D eigenvalue weighted by molar-refractivity contribution is 9.10. The Bertz CT molecular complexity index is 622. The number of rotatable bonds is 5. The average molecular weight is 371 g/mol. The summed E-state index contributed by atoms with van der Waals surface area (Å²) in [7, 11) is 0. The van der Waals surface area contributed by atoms with Gasteiger partial charge in [-0.3, -0.25) is 0 Å². The number of phenols is 1. The van der Waals surface area contributed by atoms with Crippen LogP contribution in [0.15, 0.2) is 22.7 Å². The standard InChI is InChI=1S/C15H17BrClN3O/c1-3-5-11-13(16)15(18-4-2)20-14(19-11)9-6-7-12(21)10(17)8-9/h6-8,21H,3-5H2,1-2H3,(H,18,19,20). The topological polar surface area (TPSA) is 58.0 Å². The lowest BCUT2D eigenvalue weighted by Crippen LogP contribution is -2.06. The molecular weight excluding hydrogens is 354 g/mol. The first-order valence-electron chi connectivity index (χ1n) is 6.86. The molecule has 2 rings (SSSR count). The molecule has 0 bridgehead atoms. The first-order valence-corrected chi connectivity index (χ1v) is 8.03. The van der Waals surface area contributed by atoms with Crippen LogP contribution in [0.25, 0.3) is 11.4 Å². The van der Waals surface area contributed by atoms with Crippen molar-refractivity contribution in [3.63, 3.8) is 0 Å². The van der Waals surface area contributed by atoms with Crippen LogP contribution in [0.4, 0.5) is 5.82 Å². The van der Waals surface area contributed by atoms with Gasteiger partial charge in [0.25, 0.3) is 0 Å². The van der Waals surface area contributed by atoms with Crippen molar-refractivity contribution in [2.24, 2.45) is 0 Å². The molecule has 0 unspecified atom stereocenters. The van der Waals surface area contributed by atoms with Crippen molar-refractivity contribution in [3.05, 3.63) is 33.4 Å². The fraction of sp³-hybridized carbons (Fsp3) is 0.333. The molecule has 2 aromatic rings. The molecule has 0 fully saturated rings. The van der Waals surface area contributed by atoms with Gasteiger partial charge < -0.3 is 10.4 Å². The summed E-state index contributed by atoms with van der Waals surface area (Å²) in [6, 6.07) is 4.98. The molecule has 0 radical (unpaired) electrons. The van der Waals surface area contributed by atoms with E-state index in [9.17, 15) is 5.11 Å². The smallest absolute Gasteiger partial charge is 0.161 e. The second-order valence-electron chi connectivity index (χ2n) is 4.60. The molecule has 0 saturated carbocycles. The number of aromatic nitrogens is 2. The quantitative estimate of drug-likeness (QED) is 0.804. The number of halogens is 2. The Labute approximate surface area is 137 Å². The summed E-state index contributed by atoms with van der Waals surface area (Å²) in [5, 5.41) is 13.0. The van der Waals surface area contributed by atoms with Crippen LogP contribution in [0.5, 0.6) is 5.75 Å². The van der Waals surface area contributed by atoms with Gasteiger partial charge in [0.05, 0.1) is 15.2 Å². The zero-order valence-corrected chi connectivity index (χ0v) is 14.3. The molecule has 21 heavy (non-hydrogen) atoms. The first kappa shape index (κ1) is 16.0. The molecule has 0 amide bonds. The van der Waals surface area contributed by atoms with Crippen molar-refractivity contribution in [3.8, 4) is 17.1 Å². The van der Waals surface area contributed by atoms with Crippen LogP contribution in [-0.2, 0) is 6.42 Å². The lowest BCUT2D eigenvalue weighted by molar-refractivity contribution is 0.475. The van der Waals surface area contributed by atoms with Gasteiger partial charge in [0.15, 0.2) is 5.82 Å². The molecule has 0 aliphatic heterocycles. The number of aryl methyl sites for hydroxylation is 1. The predicted octanol–water partition coefficient (Wildman–Crippen LogP) is 4.65. The summed E-state index contributed by atoms with van der Waals surface area (Å²) in [5.74, 6) is 1.42. The molecule has 0 aliphatic rings. The normalized spacial score (nSPS) is 10.7. The minimum absolute atomic E-state index is 0.0539. The van der Waals surface area contributed by atoms with Crippen molar-refractivity contribution in [2.45, 2.75) is 26.7 Å². The van der Waals surface area contributed by atoms with E-state index in [0.29, 0.717) is 10.8 Å². The Hall–Kier alpha value is -1.33. The van der Waals surface area contributed by atoms with Gasteiger partial charge in [-0.2, -0.15) is 0 Å². The van der Waals surface area contributed by atoms with E-state index >= 15 is 0 Å². The Morgan fingerprint density at radius 3 is 2.67 bits per heavy atom. The summed E-state index contributed by atoms with van der Waals surface area (Å²) in [6.07, 6.45) is 1.86. The van der Waals surface area contributed by atoms with E-state index in [4.69, 9.17) is 11.6 Å². The third kappa shape index (κ3) is 3.66. The lowest BCUT2D eigenvalue weighted by Gasteiger charge is -2.12. The highest BCUT2D eigenvalue weighted by Crippen LogP contribution is 2.31. The number of anilines is 1.